The minimum absolute atomic E-state index is 0.00188. The molecule has 0 bridgehead atoms. The van der Waals surface area contributed by atoms with Gasteiger partial charge in [-0.25, -0.2) is 0 Å². The molecule has 1 amide bonds. The van der Waals surface area contributed by atoms with Gasteiger partial charge >= 0.3 is 0 Å². The molecule has 0 aromatic carbocycles. The largest absolute Gasteiger partial charge is 0.396 e. The Labute approximate surface area is 109 Å². The van der Waals surface area contributed by atoms with Crippen molar-refractivity contribution in [2.75, 3.05) is 19.7 Å². The maximum atomic E-state index is 12.0. The molecule has 0 radical (unpaired) electrons. The van der Waals surface area contributed by atoms with E-state index in [1.54, 1.807) is 0 Å². The number of nitrogens with two attached hydrogens (primary N) is 1. The van der Waals surface area contributed by atoms with Crippen LogP contribution in [0, 0.1) is 10.8 Å². The first kappa shape index (κ1) is 13.8. The monoisotopic (exact) mass is 254 g/mol. The highest BCUT2D eigenvalue weighted by molar-refractivity contribution is 5.76. The van der Waals surface area contributed by atoms with Crippen LogP contribution in [0.25, 0.3) is 0 Å². The van der Waals surface area contributed by atoms with Crippen LogP contribution in [0.4, 0.5) is 0 Å². The van der Waals surface area contributed by atoms with E-state index < -0.39 is 0 Å². The van der Waals surface area contributed by atoms with Crippen LogP contribution in [-0.4, -0.2) is 30.7 Å². The fourth-order valence-corrected chi connectivity index (χ4v) is 3.01. The van der Waals surface area contributed by atoms with Gasteiger partial charge in [0, 0.05) is 18.4 Å². The lowest BCUT2D eigenvalue weighted by atomic mass is 9.71. The summed E-state index contributed by atoms with van der Waals surface area (Å²) in [5.74, 6) is 0.113. The van der Waals surface area contributed by atoms with Crippen molar-refractivity contribution in [3.05, 3.63) is 0 Å². The molecule has 0 heterocycles. The van der Waals surface area contributed by atoms with Gasteiger partial charge in [0.1, 0.15) is 0 Å². The third-order valence-electron chi connectivity index (χ3n) is 4.84. The molecule has 0 unspecified atom stereocenters. The van der Waals surface area contributed by atoms with Gasteiger partial charge in [0.25, 0.3) is 0 Å². The average Bonchev–Trinajstić information content (AvgIpc) is 3.18. The summed E-state index contributed by atoms with van der Waals surface area (Å²) in [5.41, 5.74) is 5.93. The summed E-state index contributed by atoms with van der Waals surface area (Å²) in [6.07, 6.45) is 8.47. The van der Waals surface area contributed by atoms with Crippen molar-refractivity contribution in [1.29, 1.82) is 0 Å². The Morgan fingerprint density at radius 3 is 2.28 bits per heavy atom. The lowest BCUT2D eigenvalue weighted by Crippen LogP contribution is -2.40. The van der Waals surface area contributed by atoms with Crippen molar-refractivity contribution in [2.45, 2.75) is 51.4 Å². The molecule has 0 aliphatic heterocycles. The normalized spacial score (nSPS) is 24.6. The van der Waals surface area contributed by atoms with E-state index in [4.69, 9.17) is 5.73 Å². The minimum Gasteiger partial charge on any atom is -0.396 e. The average molecular weight is 254 g/mol. The van der Waals surface area contributed by atoms with E-state index in [1.165, 1.54) is 19.3 Å². The number of rotatable bonds is 6. The van der Waals surface area contributed by atoms with Gasteiger partial charge in [-0.1, -0.05) is 19.3 Å². The van der Waals surface area contributed by atoms with Crippen molar-refractivity contribution >= 4 is 5.91 Å². The molecule has 0 spiro atoms. The summed E-state index contributed by atoms with van der Waals surface area (Å²) in [6.45, 7) is 1.43. The standard InChI is InChI=1S/C14H26N2O2/c15-9-13(4-2-1-3-5-13)8-12(18)16-10-14(11-17)6-7-14/h17H,1-11,15H2,(H,16,18). The van der Waals surface area contributed by atoms with Crippen LogP contribution in [-0.2, 0) is 4.79 Å². The first-order valence-electron chi connectivity index (χ1n) is 7.21. The second-order valence-corrected chi connectivity index (χ2v) is 6.38. The van der Waals surface area contributed by atoms with Crippen LogP contribution >= 0.6 is 0 Å². The van der Waals surface area contributed by atoms with Gasteiger partial charge < -0.3 is 16.2 Å². The molecular formula is C14H26N2O2. The second kappa shape index (κ2) is 5.57. The van der Waals surface area contributed by atoms with Gasteiger partial charge in [-0.3, -0.25) is 4.79 Å². The quantitative estimate of drug-likeness (QED) is 0.666. The van der Waals surface area contributed by atoms with E-state index in [2.05, 4.69) is 5.32 Å². The smallest absolute Gasteiger partial charge is 0.220 e. The number of carbonyl (C=O) groups is 1. The molecule has 2 aliphatic rings. The molecular weight excluding hydrogens is 228 g/mol. The fourth-order valence-electron chi connectivity index (χ4n) is 3.01. The number of amides is 1. The maximum absolute atomic E-state index is 12.0. The molecule has 2 fully saturated rings. The SMILES string of the molecule is NCC1(CC(=O)NCC2(CO)CC2)CCCCC1. The van der Waals surface area contributed by atoms with E-state index >= 15 is 0 Å². The molecule has 2 aliphatic carbocycles. The van der Waals surface area contributed by atoms with Crippen molar-refractivity contribution in [3.8, 4) is 0 Å². The highest BCUT2D eigenvalue weighted by atomic mass is 16.3. The number of nitrogens with one attached hydrogen (secondary N) is 1. The predicted octanol–water partition coefficient (Wildman–Crippen LogP) is 1.17. The summed E-state index contributed by atoms with van der Waals surface area (Å²) < 4.78 is 0. The fraction of sp³-hybridized carbons (Fsp3) is 0.929. The molecule has 0 saturated heterocycles. The van der Waals surface area contributed by atoms with Gasteiger partial charge in [-0.15, -0.1) is 0 Å². The van der Waals surface area contributed by atoms with Crippen molar-refractivity contribution in [1.82, 2.24) is 5.32 Å². The highest BCUT2D eigenvalue weighted by Crippen LogP contribution is 2.44. The first-order chi connectivity index (χ1) is 8.64. The Morgan fingerprint density at radius 1 is 1.11 bits per heavy atom. The van der Waals surface area contributed by atoms with Crippen LogP contribution in [0.1, 0.15) is 51.4 Å². The molecule has 4 heteroatoms. The zero-order valence-electron chi connectivity index (χ0n) is 11.2. The second-order valence-electron chi connectivity index (χ2n) is 6.38. The number of hydrogen-bond donors (Lipinski definition) is 3. The molecule has 0 aromatic rings. The van der Waals surface area contributed by atoms with E-state index in [9.17, 15) is 9.90 Å². The first-order valence-corrected chi connectivity index (χ1v) is 7.21. The zero-order valence-corrected chi connectivity index (χ0v) is 11.2. The van der Waals surface area contributed by atoms with E-state index in [0.29, 0.717) is 19.5 Å². The lowest BCUT2D eigenvalue weighted by Gasteiger charge is -2.35. The molecule has 104 valence electrons. The van der Waals surface area contributed by atoms with Crippen molar-refractivity contribution in [3.63, 3.8) is 0 Å². The minimum atomic E-state index is -0.00188. The van der Waals surface area contributed by atoms with Crippen LogP contribution in [0.5, 0.6) is 0 Å². The van der Waals surface area contributed by atoms with E-state index in [1.807, 2.05) is 0 Å². The van der Waals surface area contributed by atoms with Gasteiger partial charge in [-0.2, -0.15) is 0 Å². The summed E-state index contributed by atoms with van der Waals surface area (Å²) in [6, 6.07) is 0. The molecule has 0 atom stereocenters. The molecule has 2 rings (SSSR count). The summed E-state index contributed by atoms with van der Waals surface area (Å²) in [4.78, 5) is 12.0. The Balaban J connectivity index is 1.78. The molecule has 2 saturated carbocycles. The maximum Gasteiger partial charge on any atom is 0.220 e. The summed E-state index contributed by atoms with van der Waals surface area (Å²) >= 11 is 0. The lowest BCUT2D eigenvalue weighted by molar-refractivity contribution is -0.124. The molecule has 18 heavy (non-hydrogen) atoms. The Hall–Kier alpha value is -0.610. The van der Waals surface area contributed by atoms with Gasteiger partial charge in [0.05, 0.1) is 6.61 Å². The summed E-state index contributed by atoms with van der Waals surface area (Å²) in [7, 11) is 0. The Kier molecular flexibility index (Phi) is 4.28. The van der Waals surface area contributed by atoms with Crippen molar-refractivity contribution in [2.24, 2.45) is 16.6 Å². The number of aliphatic hydroxyl groups is 1. The Morgan fingerprint density at radius 2 is 1.78 bits per heavy atom. The topological polar surface area (TPSA) is 75.4 Å². The van der Waals surface area contributed by atoms with Crippen LogP contribution < -0.4 is 11.1 Å². The van der Waals surface area contributed by atoms with Crippen LogP contribution in [0.2, 0.25) is 0 Å². The van der Waals surface area contributed by atoms with Crippen LogP contribution in [0.3, 0.4) is 0 Å². The summed E-state index contributed by atoms with van der Waals surface area (Å²) in [5, 5.41) is 12.2. The van der Waals surface area contributed by atoms with E-state index in [0.717, 1.165) is 25.7 Å². The molecule has 0 aromatic heterocycles. The van der Waals surface area contributed by atoms with Gasteiger partial charge in [-0.05, 0) is 37.6 Å². The highest BCUT2D eigenvalue weighted by Gasteiger charge is 2.42. The number of hydrogen-bond acceptors (Lipinski definition) is 3. The zero-order chi connectivity index (χ0) is 13.1. The van der Waals surface area contributed by atoms with Gasteiger partial charge in [0.2, 0.25) is 5.91 Å². The predicted molar refractivity (Wildman–Crippen MR) is 71.0 cm³/mol. The number of aliphatic hydroxyl groups excluding tert-OH is 1. The third-order valence-corrected chi connectivity index (χ3v) is 4.84. The molecule has 4 N–H and O–H groups in total. The van der Waals surface area contributed by atoms with Crippen LogP contribution in [0.15, 0.2) is 0 Å². The molecule has 4 nitrogen and oxygen atoms in total. The van der Waals surface area contributed by atoms with E-state index in [-0.39, 0.29) is 23.3 Å². The Bertz CT molecular complexity index is 294. The van der Waals surface area contributed by atoms with Crippen molar-refractivity contribution < 1.29 is 9.90 Å². The van der Waals surface area contributed by atoms with Gasteiger partial charge in [0.15, 0.2) is 0 Å². The number of carbonyl (C=O) groups excluding carboxylic acids is 1. The third kappa shape index (κ3) is 3.23.